The van der Waals surface area contributed by atoms with Gasteiger partial charge in [-0.15, -0.1) is 0 Å². The quantitative estimate of drug-likeness (QED) is 0.735. The van der Waals surface area contributed by atoms with Gasteiger partial charge in [-0.25, -0.2) is 9.97 Å². The predicted molar refractivity (Wildman–Crippen MR) is 101 cm³/mol. The van der Waals surface area contributed by atoms with Gasteiger partial charge in [0.1, 0.15) is 5.82 Å². The standard InChI is InChI=1S/C21H22N4/c1-3-8-16(9-4-1)19-14-20(23-18-11-5-2-6-12-18)25-21(24-19)17-10-7-13-22-15-17/h1,3-4,7-10,13-15,18H,2,5-6,11-12H2,(H,23,24,25). The van der Waals surface area contributed by atoms with Crippen molar-refractivity contribution in [2.75, 3.05) is 5.32 Å². The lowest BCUT2D eigenvalue weighted by Gasteiger charge is -2.23. The van der Waals surface area contributed by atoms with Crippen LogP contribution in [-0.2, 0) is 0 Å². The van der Waals surface area contributed by atoms with E-state index in [4.69, 9.17) is 9.97 Å². The van der Waals surface area contributed by atoms with Gasteiger partial charge in [-0.3, -0.25) is 4.98 Å². The van der Waals surface area contributed by atoms with Gasteiger partial charge in [0.05, 0.1) is 5.69 Å². The smallest absolute Gasteiger partial charge is 0.163 e. The van der Waals surface area contributed by atoms with Crippen molar-refractivity contribution in [2.24, 2.45) is 0 Å². The third-order valence-corrected chi connectivity index (χ3v) is 4.67. The SMILES string of the molecule is c1ccc(-c2cc(NC3CCCCC3)nc(-c3cccnc3)n2)cc1. The summed E-state index contributed by atoms with van der Waals surface area (Å²) in [6.07, 6.45) is 9.95. The molecule has 0 amide bonds. The summed E-state index contributed by atoms with van der Waals surface area (Å²) in [4.78, 5) is 13.7. The summed E-state index contributed by atoms with van der Waals surface area (Å²) < 4.78 is 0. The van der Waals surface area contributed by atoms with Crippen LogP contribution in [0.5, 0.6) is 0 Å². The van der Waals surface area contributed by atoms with Crippen LogP contribution in [0.4, 0.5) is 5.82 Å². The van der Waals surface area contributed by atoms with Gasteiger partial charge < -0.3 is 5.32 Å². The van der Waals surface area contributed by atoms with Crippen molar-refractivity contribution >= 4 is 5.82 Å². The average Bonchev–Trinajstić information content (AvgIpc) is 2.70. The highest BCUT2D eigenvalue weighted by Gasteiger charge is 2.15. The molecule has 0 saturated heterocycles. The first-order valence-corrected chi connectivity index (χ1v) is 9.00. The van der Waals surface area contributed by atoms with Crippen molar-refractivity contribution in [3.8, 4) is 22.6 Å². The first-order chi connectivity index (χ1) is 12.4. The molecule has 0 aliphatic heterocycles. The Kier molecular flexibility index (Phi) is 4.68. The highest BCUT2D eigenvalue weighted by Crippen LogP contribution is 2.26. The van der Waals surface area contributed by atoms with Crippen LogP contribution in [0.25, 0.3) is 22.6 Å². The Morgan fingerprint density at radius 2 is 1.64 bits per heavy atom. The predicted octanol–water partition coefficient (Wildman–Crippen LogP) is 4.95. The average molecular weight is 330 g/mol. The van der Waals surface area contributed by atoms with E-state index in [1.165, 1.54) is 32.1 Å². The zero-order chi connectivity index (χ0) is 16.9. The number of pyridine rings is 1. The molecule has 25 heavy (non-hydrogen) atoms. The van der Waals surface area contributed by atoms with Gasteiger partial charge in [-0.1, -0.05) is 49.6 Å². The fourth-order valence-electron chi connectivity index (χ4n) is 3.36. The molecule has 3 aromatic rings. The second kappa shape index (κ2) is 7.43. The van der Waals surface area contributed by atoms with Crippen LogP contribution in [0.2, 0.25) is 0 Å². The number of benzene rings is 1. The molecule has 4 heteroatoms. The number of nitrogens with zero attached hydrogens (tertiary/aromatic N) is 3. The van der Waals surface area contributed by atoms with E-state index >= 15 is 0 Å². The van der Waals surface area contributed by atoms with Gasteiger partial charge in [0, 0.05) is 35.6 Å². The number of aromatic nitrogens is 3. The Bertz CT molecular complexity index is 754. The minimum atomic E-state index is 0.508. The Hall–Kier alpha value is -2.75. The van der Waals surface area contributed by atoms with E-state index in [9.17, 15) is 0 Å². The fourth-order valence-corrected chi connectivity index (χ4v) is 3.36. The molecule has 0 unspecified atom stereocenters. The molecule has 0 bridgehead atoms. The molecule has 4 nitrogen and oxygen atoms in total. The van der Waals surface area contributed by atoms with Crippen LogP contribution in [0.3, 0.4) is 0 Å². The van der Waals surface area contributed by atoms with Crippen molar-refractivity contribution in [3.05, 3.63) is 60.9 Å². The number of nitrogens with one attached hydrogen (secondary N) is 1. The van der Waals surface area contributed by atoms with Crippen LogP contribution in [0.1, 0.15) is 32.1 Å². The van der Waals surface area contributed by atoms with Crippen molar-refractivity contribution < 1.29 is 0 Å². The minimum Gasteiger partial charge on any atom is -0.367 e. The minimum absolute atomic E-state index is 0.508. The maximum absolute atomic E-state index is 4.78. The second-order valence-corrected chi connectivity index (χ2v) is 6.55. The summed E-state index contributed by atoms with van der Waals surface area (Å²) >= 11 is 0. The molecule has 1 aliphatic rings. The zero-order valence-electron chi connectivity index (χ0n) is 14.2. The summed E-state index contributed by atoms with van der Waals surface area (Å²) in [6, 6.07) is 16.8. The highest BCUT2D eigenvalue weighted by molar-refractivity contribution is 5.67. The van der Waals surface area contributed by atoms with Crippen molar-refractivity contribution in [2.45, 2.75) is 38.1 Å². The van der Waals surface area contributed by atoms with Crippen molar-refractivity contribution in [1.82, 2.24) is 15.0 Å². The third-order valence-electron chi connectivity index (χ3n) is 4.67. The number of hydrogen-bond acceptors (Lipinski definition) is 4. The lowest BCUT2D eigenvalue weighted by molar-refractivity contribution is 0.462. The van der Waals surface area contributed by atoms with E-state index in [1.807, 2.05) is 36.5 Å². The molecule has 0 spiro atoms. The molecule has 1 aliphatic carbocycles. The van der Waals surface area contributed by atoms with Crippen LogP contribution >= 0.6 is 0 Å². The molecule has 1 aromatic carbocycles. The molecule has 0 atom stereocenters. The molecule has 1 saturated carbocycles. The van der Waals surface area contributed by atoms with E-state index in [2.05, 4.69) is 28.5 Å². The Morgan fingerprint density at radius 3 is 2.40 bits per heavy atom. The number of hydrogen-bond donors (Lipinski definition) is 1. The van der Waals surface area contributed by atoms with E-state index in [-0.39, 0.29) is 0 Å². The van der Waals surface area contributed by atoms with Gasteiger partial charge in [-0.2, -0.15) is 0 Å². The monoisotopic (exact) mass is 330 g/mol. The van der Waals surface area contributed by atoms with Crippen LogP contribution in [0, 0.1) is 0 Å². The molecular formula is C21H22N4. The van der Waals surface area contributed by atoms with Crippen LogP contribution in [-0.4, -0.2) is 21.0 Å². The Morgan fingerprint density at radius 1 is 0.840 bits per heavy atom. The summed E-state index contributed by atoms with van der Waals surface area (Å²) in [6.45, 7) is 0. The molecule has 0 radical (unpaired) electrons. The van der Waals surface area contributed by atoms with Crippen LogP contribution < -0.4 is 5.32 Å². The number of anilines is 1. The van der Waals surface area contributed by atoms with Gasteiger partial charge in [-0.05, 0) is 25.0 Å². The molecule has 126 valence electrons. The maximum Gasteiger partial charge on any atom is 0.163 e. The molecule has 2 aromatic heterocycles. The van der Waals surface area contributed by atoms with E-state index in [0.29, 0.717) is 11.9 Å². The molecular weight excluding hydrogens is 308 g/mol. The molecule has 2 heterocycles. The second-order valence-electron chi connectivity index (χ2n) is 6.55. The maximum atomic E-state index is 4.78. The van der Waals surface area contributed by atoms with Crippen molar-refractivity contribution in [1.29, 1.82) is 0 Å². The fraction of sp³-hybridized carbons (Fsp3) is 0.286. The van der Waals surface area contributed by atoms with Gasteiger partial charge >= 0.3 is 0 Å². The summed E-state index contributed by atoms with van der Waals surface area (Å²) in [5, 5.41) is 3.63. The van der Waals surface area contributed by atoms with Crippen LogP contribution in [0.15, 0.2) is 60.9 Å². The van der Waals surface area contributed by atoms with E-state index in [0.717, 1.165) is 22.6 Å². The van der Waals surface area contributed by atoms with E-state index in [1.54, 1.807) is 6.20 Å². The largest absolute Gasteiger partial charge is 0.367 e. The Balaban J connectivity index is 1.72. The van der Waals surface area contributed by atoms with E-state index < -0.39 is 0 Å². The summed E-state index contributed by atoms with van der Waals surface area (Å²) in [5.41, 5.74) is 2.97. The topological polar surface area (TPSA) is 50.7 Å². The lowest BCUT2D eigenvalue weighted by atomic mass is 9.95. The first kappa shape index (κ1) is 15.8. The molecule has 1 N–H and O–H groups in total. The molecule has 4 rings (SSSR count). The highest BCUT2D eigenvalue weighted by atomic mass is 15.1. The van der Waals surface area contributed by atoms with Gasteiger partial charge in [0.25, 0.3) is 0 Å². The number of rotatable bonds is 4. The zero-order valence-corrected chi connectivity index (χ0v) is 14.2. The van der Waals surface area contributed by atoms with Crippen molar-refractivity contribution in [3.63, 3.8) is 0 Å². The molecule has 1 fully saturated rings. The first-order valence-electron chi connectivity index (χ1n) is 9.00. The lowest BCUT2D eigenvalue weighted by Crippen LogP contribution is -2.23. The Labute approximate surface area is 148 Å². The summed E-state index contributed by atoms with van der Waals surface area (Å²) in [5.74, 6) is 1.62. The van der Waals surface area contributed by atoms with Gasteiger partial charge in [0.2, 0.25) is 0 Å². The summed E-state index contributed by atoms with van der Waals surface area (Å²) in [7, 11) is 0. The normalized spacial score (nSPS) is 15.0. The third kappa shape index (κ3) is 3.85. The van der Waals surface area contributed by atoms with Gasteiger partial charge in [0.15, 0.2) is 5.82 Å².